The molecule has 0 saturated carbocycles. The number of carboxylic acid groups (broad SMARTS) is 1. The normalized spacial score (nSPS) is 16.8. The van der Waals surface area contributed by atoms with E-state index < -0.39 is 16.0 Å². The molecule has 2 N–H and O–H groups in total. The number of sulfonamides is 1. The predicted molar refractivity (Wildman–Crippen MR) is 97.6 cm³/mol. The van der Waals surface area contributed by atoms with Crippen molar-refractivity contribution in [1.82, 2.24) is 9.62 Å². The maximum absolute atomic E-state index is 12.8. The zero-order valence-corrected chi connectivity index (χ0v) is 16.2. The van der Waals surface area contributed by atoms with Crippen LogP contribution in [0.25, 0.3) is 0 Å². The molecule has 1 aliphatic heterocycles. The molecule has 0 amide bonds. The van der Waals surface area contributed by atoms with Gasteiger partial charge in [-0.05, 0) is 76.9 Å². The number of aromatic carboxylic acids is 1. The lowest BCUT2D eigenvalue weighted by Gasteiger charge is -2.41. The Kier molecular flexibility index (Phi) is 5.91. The molecule has 0 atom stereocenters. The summed E-state index contributed by atoms with van der Waals surface area (Å²) in [6, 6.07) is 2.73. The monoisotopic (exact) mass is 368 g/mol. The second-order valence-electron chi connectivity index (χ2n) is 7.41. The molecule has 1 aromatic carbocycles. The van der Waals surface area contributed by atoms with E-state index in [0.29, 0.717) is 11.1 Å². The van der Waals surface area contributed by atoms with Crippen molar-refractivity contribution in [2.45, 2.75) is 57.4 Å². The van der Waals surface area contributed by atoms with Gasteiger partial charge in [0.05, 0.1) is 10.5 Å². The van der Waals surface area contributed by atoms with E-state index >= 15 is 0 Å². The molecule has 1 fully saturated rings. The first-order valence-electron chi connectivity index (χ1n) is 8.64. The summed E-state index contributed by atoms with van der Waals surface area (Å²) >= 11 is 0. The molecule has 1 aliphatic rings. The quantitative estimate of drug-likeness (QED) is 0.806. The number of rotatable bonds is 6. The second kappa shape index (κ2) is 7.43. The number of hydrogen-bond donors (Lipinski definition) is 2. The highest BCUT2D eigenvalue weighted by molar-refractivity contribution is 7.89. The lowest BCUT2D eigenvalue weighted by molar-refractivity contribution is 0.0696. The van der Waals surface area contributed by atoms with Gasteiger partial charge in [0.25, 0.3) is 0 Å². The molecular weight excluding hydrogens is 340 g/mol. The predicted octanol–water partition coefficient (Wildman–Crippen LogP) is 2.54. The Bertz CT molecular complexity index is 751. The van der Waals surface area contributed by atoms with Crippen molar-refractivity contribution in [3.05, 3.63) is 28.8 Å². The average molecular weight is 368 g/mol. The van der Waals surface area contributed by atoms with Gasteiger partial charge in [-0.1, -0.05) is 6.42 Å². The number of aryl methyl sites for hydroxylation is 1. The third-order valence-corrected chi connectivity index (χ3v) is 6.59. The summed E-state index contributed by atoms with van der Waals surface area (Å²) in [6.07, 6.45) is 3.49. The van der Waals surface area contributed by atoms with E-state index in [4.69, 9.17) is 0 Å². The van der Waals surface area contributed by atoms with Gasteiger partial charge in [-0.2, -0.15) is 0 Å². The van der Waals surface area contributed by atoms with E-state index in [1.54, 1.807) is 13.8 Å². The Labute approximate surface area is 150 Å². The van der Waals surface area contributed by atoms with E-state index in [0.717, 1.165) is 25.9 Å². The molecule has 0 radical (unpaired) electrons. The van der Waals surface area contributed by atoms with Crippen LogP contribution in [0.4, 0.5) is 0 Å². The Morgan fingerprint density at radius 2 is 1.80 bits per heavy atom. The molecule has 1 heterocycles. The highest BCUT2D eigenvalue weighted by Crippen LogP contribution is 2.23. The van der Waals surface area contributed by atoms with Gasteiger partial charge in [-0.25, -0.2) is 17.9 Å². The number of piperidine rings is 1. The lowest BCUT2D eigenvalue weighted by Crippen LogP contribution is -2.53. The molecule has 0 bridgehead atoms. The third-order valence-electron chi connectivity index (χ3n) is 5.06. The summed E-state index contributed by atoms with van der Waals surface area (Å²) in [6.45, 7) is 9.72. The third kappa shape index (κ3) is 4.59. The fourth-order valence-corrected chi connectivity index (χ4v) is 4.73. The first kappa shape index (κ1) is 19.9. The number of nitrogens with one attached hydrogen (secondary N) is 1. The SMILES string of the molecule is Cc1cc(C(=O)O)cc(S(=O)(=O)NCC(C)(C)N2CCCCC2)c1C. The Hall–Kier alpha value is -1.44. The van der Waals surface area contributed by atoms with Gasteiger partial charge >= 0.3 is 5.97 Å². The van der Waals surface area contributed by atoms with Gasteiger partial charge in [-0.15, -0.1) is 0 Å². The number of nitrogens with zero attached hydrogens (tertiary/aromatic N) is 1. The molecule has 6 nitrogen and oxygen atoms in total. The fourth-order valence-electron chi connectivity index (χ4n) is 3.19. The number of carbonyl (C=O) groups is 1. The zero-order valence-electron chi connectivity index (χ0n) is 15.4. The van der Waals surface area contributed by atoms with Crippen molar-refractivity contribution in [3.8, 4) is 0 Å². The molecule has 0 aromatic heterocycles. The fraction of sp³-hybridized carbons (Fsp3) is 0.611. The summed E-state index contributed by atoms with van der Waals surface area (Å²) in [5.41, 5.74) is 0.920. The van der Waals surface area contributed by atoms with Gasteiger partial charge in [0, 0.05) is 12.1 Å². The van der Waals surface area contributed by atoms with Crippen LogP contribution in [0.15, 0.2) is 17.0 Å². The number of benzene rings is 1. The van der Waals surface area contributed by atoms with Crippen LogP contribution in [0.1, 0.15) is 54.6 Å². The molecule has 0 unspecified atom stereocenters. The van der Waals surface area contributed by atoms with Crippen molar-refractivity contribution in [3.63, 3.8) is 0 Å². The molecule has 0 spiro atoms. The number of carboxylic acids is 1. The lowest BCUT2D eigenvalue weighted by atomic mass is 9.99. The standard InChI is InChI=1S/C18H28N2O4S/c1-13-10-15(17(21)22)11-16(14(13)2)25(23,24)19-12-18(3,4)20-8-6-5-7-9-20/h10-11,19H,5-9,12H2,1-4H3,(H,21,22). The van der Waals surface area contributed by atoms with E-state index in [1.165, 1.54) is 18.6 Å². The van der Waals surface area contributed by atoms with Crippen LogP contribution < -0.4 is 4.72 Å². The minimum atomic E-state index is -3.78. The maximum atomic E-state index is 12.8. The average Bonchev–Trinajstić information content (AvgIpc) is 2.56. The molecule has 1 saturated heterocycles. The van der Waals surface area contributed by atoms with Gasteiger partial charge < -0.3 is 5.11 Å². The van der Waals surface area contributed by atoms with Gasteiger partial charge in [-0.3, -0.25) is 4.90 Å². The van der Waals surface area contributed by atoms with Crippen molar-refractivity contribution in [1.29, 1.82) is 0 Å². The van der Waals surface area contributed by atoms with E-state index in [1.807, 2.05) is 13.8 Å². The van der Waals surface area contributed by atoms with Crippen molar-refractivity contribution >= 4 is 16.0 Å². The summed E-state index contributed by atoms with van der Waals surface area (Å²) in [5, 5.41) is 9.20. The maximum Gasteiger partial charge on any atom is 0.335 e. The number of likely N-dealkylation sites (tertiary alicyclic amines) is 1. The van der Waals surface area contributed by atoms with E-state index in [9.17, 15) is 18.3 Å². The molecule has 25 heavy (non-hydrogen) atoms. The molecule has 7 heteroatoms. The minimum Gasteiger partial charge on any atom is -0.478 e. The Morgan fingerprint density at radius 1 is 1.20 bits per heavy atom. The largest absolute Gasteiger partial charge is 0.478 e. The van der Waals surface area contributed by atoms with Gasteiger partial charge in [0.15, 0.2) is 0 Å². The number of hydrogen-bond acceptors (Lipinski definition) is 4. The van der Waals surface area contributed by atoms with E-state index in [2.05, 4.69) is 9.62 Å². The Morgan fingerprint density at radius 3 is 2.36 bits per heavy atom. The van der Waals surface area contributed by atoms with Gasteiger partial charge in [0.2, 0.25) is 10.0 Å². The summed E-state index contributed by atoms with van der Waals surface area (Å²) in [5.74, 6) is -1.13. The highest BCUT2D eigenvalue weighted by Gasteiger charge is 2.30. The zero-order chi connectivity index (χ0) is 18.8. The minimum absolute atomic E-state index is 0.0150. The van der Waals surface area contributed by atoms with Crippen LogP contribution in [-0.2, 0) is 10.0 Å². The van der Waals surface area contributed by atoms with Crippen molar-refractivity contribution in [2.75, 3.05) is 19.6 Å². The Balaban J connectivity index is 2.23. The summed E-state index contributed by atoms with van der Waals surface area (Å²) < 4.78 is 28.3. The smallest absolute Gasteiger partial charge is 0.335 e. The molecular formula is C18H28N2O4S. The van der Waals surface area contributed by atoms with E-state index in [-0.39, 0.29) is 22.5 Å². The van der Waals surface area contributed by atoms with Crippen molar-refractivity contribution in [2.24, 2.45) is 0 Å². The second-order valence-corrected chi connectivity index (χ2v) is 9.14. The van der Waals surface area contributed by atoms with Crippen LogP contribution in [0.3, 0.4) is 0 Å². The first-order chi connectivity index (χ1) is 11.5. The van der Waals surface area contributed by atoms with Crippen LogP contribution in [-0.4, -0.2) is 49.6 Å². The van der Waals surface area contributed by atoms with Crippen LogP contribution in [0.5, 0.6) is 0 Å². The summed E-state index contributed by atoms with van der Waals surface area (Å²) in [4.78, 5) is 13.6. The molecule has 140 valence electrons. The first-order valence-corrected chi connectivity index (χ1v) is 10.1. The summed E-state index contributed by atoms with van der Waals surface area (Å²) in [7, 11) is -3.78. The van der Waals surface area contributed by atoms with Crippen LogP contribution in [0, 0.1) is 13.8 Å². The topological polar surface area (TPSA) is 86.7 Å². The van der Waals surface area contributed by atoms with Crippen molar-refractivity contribution < 1.29 is 18.3 Å². The van der Waals surface area contributed by atoms with Crippen LogP contribution >= 0.6 is 0 Å². The highest BCUT2D eigenvalue weighted by atomic mass is 32.2. The molecule has 0 aliphatic carbocycles. The van der Waals surface area contributed by atoms with Crippen LogP contribution in [0.2, 0.25) is 0 Å². The van der Waals surface area contributed by atoms with Gasteiger partial charge in [0.1, 0.15) is 0 Å². The molecule has 2 rings (SSSR count). The molecule has 1 aromatic rings.